The van der Waals surface area contributed by atoms with E-state index in [1.54, 1.807) is 12.1 Å². The minimum Gasteiger partial charge on any atom is -0.339 e. The summed E-state index contributed by atoms with van der Waals surface area (Å²) in [5.41, 5.74) is 1.48. The Bertz CT molecular complexity index is 902. The number of rotatable bonds is 5. The number of nitrogens with one attached hydrogen (secondary N) is 2. The summed E-state index contributed by atoms with van der Waals surface area (Å²) >= 11 is 0. The van der Waals surface area contributed by atoms with Gasteiger partial charge in [0.2, 0.25) is 21.8 Å². The van der Waals surface area contributed by atoms with Gasteiger partial charge < -0.3 is 9.84 Å². The molecule has 0 unspecified atom stereocenters. The number of carbonyl (C=O) groups excluding carboxylic acids is 1. The zero-order valence-electron chi connectivity index (χ0n) is 12.8. The molecule has 0 spiro atoms. The van der Waals surface area contributed by atoms with Crippen molar-refractivity contribution in [1.29, 1.82) is 0 Å². The second-order valence-corrected chi connectivity index (χ2v) is 7.78. The van der Waals surface area contributed by atoms with Crippen LogP contribution in [-0.2, 0) is 27.8 Å². The third kappa shape index (κ3) is 3.04. The Labute approximate surface area is 138 Å². The van der Waals surface area contributed by atoms with E-state index in [-0.39, 0.29) is 17.3 Å². The lowest BCUT2D eigenvalue weighted by molar-refractivity contribution is -0.116. The minimum atomic E-state index is -3.69. The number of carbonyl (C=O) groups is 1. The van der Waals surface area contributed by atoms with E-state index in [0.29, 0.717) is 36.2 Å². The van der Waals surface area contributed by atoms with E-state index in [2.05, 4.69) is 20.2 Å². The molecule has 9 heteroatoms. The summed E-state index contributed by atoms with van der Waals surface area (Å²) in [7, 11) is -3.69. The number of hydrogen-bond acceptors (Lipinski definition) is 6. The quantitative estimate of drug-likeness (QED) is 0.842. The lowest BCUT2D eigenvalue weighted by atomic mass is 10.0. The van der Waals surface area contributed by atoms with Crippen LogP contribution in [0.15, 0.2) is 27.6 Å². The van der Waals surface area contributed by atoms with Gasteiger partial charge in [0.05, 0.1) is 11.4 Å². The Morgan fingerprint density at radius 3 is 2.92 bits per heavy atom. The highest BCUT2D eigenvalue weighted by Gasteiger charge is 2.29. The van der Waals surface area contributed by atoms with Crippen molar-refractivity contribution in [3.63, 3.8) is 0 Å². The van der Waals surface area contributed by atoms with Gasteiger partial charge in [-0.15, -0.1) is 0 Å². The number of benzene rings is 1. The van der Waals surface area contributed by atoms with E-state index in [1.807, 2.05) is 0 Å². The van der Waals surface area contributed by atoms with Crippen LogP contribution in [0.5, 0.6) is 0 Å². The molecule has 126 valence electrons. The number of amides is 1. The van der Waals surface area contributed by atoms with Crippen LogP contribution < -0.4 is 10.0 Å². The van der Waals surface area contributed by atoms with Gasteiger partial charge in [-0.1, -0.05) is 5.16 Å². The topological polar surface area (TPSA) is 114 Å². The minimum absolute atomic E-state index is 0.0215. The number of sulfonamides is 1. The van der Waals surface area contributed by atoms with Crippen LogP contribution in [0.25, 0.3) is 0 Å². The third-order valence-electron chi connectivity index (χ3n) is 4.11. The Kier molecular flexibility index (Phi) is 3.61. The molecule has 0 saturated heterocycles. The second kappa shape index (κ2) is 5.67. The van der Waals surface area contributed by atoms with Gasteiger partial charge in [-0.3, -0.25) is 4.79 Å². The highest BCUT2D eigenvalue weighted by atomic mass is 32.2. The SMILES string of the molecule is O=C1CCc2cc(S(=O)(=O)NCc3noc(C4CC4)n3)ccc2N1. The summed E-state index contributed by atoms with van der Waals surface area (Å²) in [4.78, 5) is 15.7. The van der Waals surface area contributed by atoms with E-state index in [1.165, 1.54) is 6.07 Å². The van der Waals surface area contributed by atoms with E-state index in [4.69, 9.17) is 4.52 Å². The van der Waals surface area contributed by atoms with Gasteiger partial charge in [0.25, 0.3) is 0 Å². The first-order valence-electron chi connectivity index (χ1n) is 7.76. The van der Waals surface area contributed by atoms with Crippen molar-refractivity contribution in [2.45, 2.75) is 43.0 Å². The Morgan fingerprint density at radius 2 is 2.12 bits per heavy atom. The summed E-state index contributed by atoms with van der Waals surface area (Å²) in [5, 5.41) is 6.52. The van der Waals surface area contributed by atoms with Gasteiger partial charge >= 0.3 is 0 Å². The fourth-order valence-electron chi connectivity index (χ4n) is 2.61. The largest absolute Gasteiger partial charge is 0.339 e. The van der Waals surface area contributed by atoms with Crippen molar-refractivity contribution in [2.75, 3.05) is 5.32 Å². The van der Waals surface area contributed by atoms with E-state index >= 15 is 0 Å². The van der Waals surface area contributed by atoms with Crippen LogP contribution >= 0.6 is 0 Å². The van der Waals surface area contributed by atoms with Gasteiger partial charge in [-0.2, -0.15) is 4.98 Å². The fourth-order valence-corrected chi connectivity index (χ4v) is 3.64. The number of fused-ring (bicyclic) bond motifs is 1. The first kappa shape index (κ1) is 15.3. The summed E-state index contributed by atoms with van der Waals surface area (Å²) in [5.74, 6) is 1.18. The molecular formula is C15H16N4O4S. The van der Waals surface area contributed by atoms with Crippen LogP contribution in [0.2, 0.25) is 0 Å². The van der Waals surface area contributed by atoms with Crippen LogP contribution in [-0.4, -0.2) is 24.5 Å². The van der Waals surface area contributed by atoms with E-state index in [0.717, 1.165) is 18.4 Å². The van der Waals surface area contributed by atoms with Crippen LogP contribution in [0.1, 0.15) is 42.5 Å². The zero-order valence-corrected chi connectivity index (χ0v) is 13.6. The van der Waals surface area contributed by atoms with Gasteiger partial charge in [0.15, 0.2) is 5.82 Å². The number of nitrogens with zero attached hydrogens (tertiary/aromatic N) is 2. The molecular weight excluding hydrogens is 332 g/mol. The molecule has 1 saturated carbocycles. The molecule has 2 N–H and O–H groups in total. The summed E-state index contributed by atoms with van der Waals surface area (Å²) in [6.45, 7) is -0.0215. The first-order valence-corrected chi connectivity index (χ1v) is 9.24. The molecule has 1 amide bonds. The molecule has 1 aromatic heterocycles. The van der Waals surface area contributed by atoms with E-state index in [9.17, 15) is 13.2 Å². The molecule has 0 bridgehead atoms. The summed E-state index contributed by atoms with van der Waals surface area (Å²) < 4.78 is 32.4. The summed E-state index contributed by atoms with van der Waals surface area (Å²) in [6, 6.07) is 4.67. The predicted octanol–water partition coefficient (Wildman–Crippen LogP) is 1.31. The van der Waals surface area contributed by atoms with Crippen molar-refractivity contribution >= 4 is 21.6 Å². The van der Waals surface area contributed by atoms with Gasteiger partial charge in [-0.05, 0) is 43.0 Å². The molecule has 24 heavy (non-hydrogen) atoms. The third-order valence-corrected chi connectivity index (χ3v) is 5.51. The fraction of sp³-hybridized carbons (Fsp3) is 0.400. The molecule has 1 aliphatic heterocycles. The molecule has 2 aromatic rings. The zero-order chi connectivity index (χ0) is 16.7. The maximum absolute atomic E-state index is 12.4. The predicted molar refractivity (Wildman–Crippen MR) is 83.7 cm³/mol. The second-order valence-electron chi connectivity index (χ2n) is 6.01. The standard InChI is InChI=1S/C15H16N4O4S/c20-14-6-3-10-7-11(4-5-12(10)17-14)24(21,22)16-8-13-18-15(23-19-13)9-1-2-9/h4-5,7,9,16H,1-3,6,8H2,(H,17,20). The number of hydrogen-bond donors (Lipinski definition) is 2. The number of aromatic nitrogens is 2. The molecule has 8 nitrogen and oxygen atoms in total. The molecule has 1 aromatic carbocycles. The number of aryl methyl sites for hydroxylation is 1. The monoisotopic (exact) mass is 348 g/mol. The highest BCUT2D eigenvalue weighted by Crippen LogP contribution is 2.38. The average Bonchev–Trinajstić information content (AvgIpc) is 3.31. The van der Waals surface area contributed by atoms with Crippen molar-refractivity contribution in [3.05, 3.63) is 35.5 Å². The van der Waals surface area contributed by atoms with Crippen LogP contribution in [0.4, 0.5) is 5.69 Å². The van der Waals surface area contributed by atoms with Crippen LogP contribution in [0, 0.1) is 0 Å². The van der Waals surface area contributed by atoms with Crippen LogP contribution in [0.3, 0.4) is 0 Å². The molecule has 0 atom stereocenters. The van der Waals surface area contributed by atoms with Crippen molar-refractivity contribution < 1.29 is 17.7 Å². The van der Waals surface area contributed by atoms with Crippen molar-refractivity contribution in [2.24, 2.45) is 0 Å². The maximum atomic E-state index is 12.4. The van der Waals surface area contributed by atoms with Crippen molar-refractivity contribution in [1.82, 2.24) is 14.9 Å². The molecule has 1 aliphatic carbocycles. The molecule has 1 fully saturated rings. The average molecular weight is 348 g/mol. The normalized spacial score (nSPS) is 17.4. The molecule has 2 aliphatic rings. The molecule has 2 heterocycles. The molecule has 4 rings (SSSR count). The summed E-state index contributed by atoms with van der Waals surface area (Å²) in [6.07, 6.45) is 2.97. The van der Waals surface area contributed by atoms with Crippen molar-refractivity contribution in [3.8, 4) is 0 Å². The van der Waals surface area contributed by atoms with E-state index < -0.39 is 10.0 Å². The van der Waals surface area contributed by atoms with Gasteiger partial charge in [0, 0.05) is 18.0 Å². The Balaban J connectivity index is 1.48. The lowest BCUT2D eigenvalue weighted by Crippen LogP contribution is -2.25. The Hall–Kier alpha value is -2.26. The Morgan fingerprint density at radius 1 is 1.29 bits per heavy atom. The van der Waals surface area contributed by atoms with Gasteiger partial charge in [-0.25, -0.2) is 13.1 Å². The first-order chi connectivity index (χ1) is 11.5. The van der Waals surface area contributed by atoms with Gasteiger partial charge in [0.1, 0.15) is 0 Å². The number of anilines is 1. The lowest BCUT2D eigenvalue weighted by Gasteiger charge is -2.17. The molecule has 0 radical (unpaired) electrons. The smallest absolute Gasteiger partial charge is 0.240 e. The maximum Gasteiger partial charge on any atom is 0.240 e. The highest BCUT2D eigenvalue weighted by molar-refractivity contribution is 7.89.